The summed E-state index contributed by atoms with van der Waals surface area (Å²) in [4.78, 5) is 23.5. The molecule has 0 bridgehead atoms. The van der Waals surface area contributed by atoms with Crippen LogP contribution in [0.1, 0.15) is 33.6 Å². The number of hydrogen-bond donors (Lipinski definition) is 2. The monoisotopic (exact) mass is 230 g/mol. The summed E-state index contributed by atoms with van der Waals surface area (Å²) in [5.41, 5.74) is 0. The molecule has 0 aromatic heterocycles. The van der Waals surface area contributed by atoms with Crippen LogP contribution in [0.4, 0.5) is 4.79 Å². The third kappa shape index (κ3) is 5.58. The molecule has 1 atom stereocenters. The van der Waals surface area contributed by atoms with Gasteiger partial charge in [-0.2, -0.15) is 0 Å². The molecular weight excluding hydrogens is 208 g/mol. The van der Waals surface area contributed by atoms with Crippen molar-refractivity contribution in [3.05, 3.63) is 0 Å². The quantitative estimate of drug-likeness (QED) is 0.680. The summed E-state index contributed by atoms with van der Waals surface area (Å²) in [5, 5.41) is 11.1. The Morgan fingerprint density at radius 1 is 1.31 bits per heavy atom. The molecule has 16 heavy (non-hydrogen) atoms. The Kier molecular flexibility index (Phi) is 6.53. The highest BCUT2D eigenvalue weighted by Gasteiger charge is 2.17. The SMILES string of the molecule is CC(C)C(C)N(C)C(=O)NCCCC(=O)O. The van der Waals surface area contributed by atoms with Gasteiger partial charge in [-0.25, -0.2) is 4.79 Å². The molecule has 1 unspecified atom stereocenters. The lowest BCUT2D eigenvalue weighted by atomic mass is 10.1. The molecule has 5 nitrogen and oxygen atoms in total. The van der Waals surface area contributed by atoms with Crippen LogP contribution in [0.25, 0.3) is 0 Å². The van der Waals surface area contributed by atoms with Gasteiger partial charge in [0, 0.05) is 26.1 Å². The number of carboxylic acid groups (broad SMARTS) is 1. The van der Waals surface area contributed by atoms with Crippen LogP contribution in [0.2, 0.25) is 0 Å². The highest BCUT2D eigenvalue weighted by atomic mass is 16.4. The van der Waals surface area contributed by atoms with Crippen molar-refractivity contribution in [1.29, 1.82) is 0 Å². The minimum absolute atomic E-state index is 0.0870. The van der Waals surface area contributed by atoms with E-state index in [1.165, 1.54) is 0 Å². The van der Waals surface area contributed by atoms with Crippen LogP contribution in [0, 0.1) is 5.92 Å². The molecule has 0 heterocycles. The summed E-state index contributed by atoms with van der Waals surface area (Å²) in [6.07, 6.45) is 0.550. The van der Waals surface area contributed by atoms with E-state index in [2.05, 4.69) is 19.2 Å². The van der Waals surface area contributed by atoms with Crippen molar-refractivity contribution in [3.8, 4) is 0 Å². The second-order valence-corrected chi connectivity index (χ2v) is 4.32. The van der Waals surface area contributed by atoms with Gasteiger partial charge in [0.1, 0.15) is 0 Å². The van der Waals surface area contributed by atoms with Crippen LogP contribution < -0.4 is 5.32 Å². The van der Waals surface area contributed by atoms with Gasteiger partial charge in [0.25, 0.3) is 0 Å². The fourth-order valence-electron chi connectivity index (χ4n) is 1.19. The van der Waals surface area contributed by atoms with Gasteiger partial charge < -0.3 is 15.3 Å². The molecule has 0 aromatic carbocycles. The maximum atomic E-state index is 11.6. The summed E-state index contributed by atoms with van der Waals surface area (Å²) in [6.45, 7) is 6.50. The van der Waals surface area contributed by atoms with Gasteiger partial charge in [-0.05, 0) is 19.3 Å². The third-order valence-corrected chi connectivity index (χ3v) is 2.74. The standard InChI is InChI=1S/C11H22N2O3/c1-8(2)9(3)13(4)11(16)12-7-5-6-10(14)15/h8-9H,5-7H2,1-4H3,(H,12,16)(H,14,15). The molecule has 0 fully saturated rings. The van der Waals surface area contributed by atoms with Gasteiger partial charge in [-0.15, -0.1) is 0 Å². The predicted octanol–water partition coefficient (Wildman–Crippen LogP) is 1.54. The van der Waals surface area contributed by atoms with Crippen molar-refractivity contribution in [2.24, 2.45) is 5.92 Å². The zero-order chi connectivity index (χ0) is 12.7. The molecular formula is C11H22N2O3. The van der Waals surface area contributed by atoms with E-state index in [9.17, 15) is 9.59 Å². The minimum Gasteiger partial charge on any atom is -0.481 e. The molecule has 2 amide bonds. The van der Waals surface area contributed by atoms with Crippen LogP contribution in [-0.4, -0.2) is 41.6 Å². The van der Waals surface area contributed by atoms with Crippen molar-refractivity contribution in [2.45, 2.75) is 39.7 Å². The topological polar surface area (TPSA) is 69.6 Å². The summed E-state index contributed by atoms with van der Waals surface area (Å²) in [5.74, 6) is -0.437. The summed E-state index contributed by atoms with van der Waals surface area (Å²) in [6, 6.07) is 0.0195. The largest absolute Gasteiger partial charge is 0.481 e. The first-order chi connectivity index (χ1) is 7.36. The molecule has 0 aliphatic heterocycles. The first kappa shape index (κ1) is 14.7. The van der Waals surface area contributed by atoms with E-state index in [4.69, 9.17) is 5.11 Å². The van der Waals surface area contributed by atoms with Crippen LogP contribution in [0.5, 0.6) is 0 Å². The summed E-state index contributed by atoms with van der Waals surface area (Å²) >= 11 is 0. The van der Waals surface area contributed by atoms with Gasteiger partial charge in [0.2, 0.25) is 0 Å². The summed E-state index contributed by atoms with van der Waals surface area (Å²) in [7, 11) is 1.75. The van der Waals surface area contributed by atoms with Gasteiger partial charge >= 0.3 is 12.0 Å². The zero-order valence-corrected chi connectivity index (χ0v) is 10.5. The molecule has 94 valence electrons. The first-order valence-electron chi connectivity index (χ1n) is 5.58. The lowest BCUT2D eigenvalue weighted by Gasteiger charge is -2.28. The lowest BCUT2D eigenvalue weighted by Crippen LogP contribution is -2.44. The number of hydrogen-bond acceptors (Lipinski definition) is 2. The predicted molar refractivity (Wildman–Crippen MR) is 62.3 cm³/mol. The first-order valence-corrected chi connectivity index (χ1v) is 5.58. The molecule has 0 rings (SSSR count). The molecule has 0 aliphatic rings. The van der Waals surface area contributed by atoms with E-state index in [1.807, 2.05) is 6.92 Å². The summed E-state index contributed by atoms with van der Waals surface area (Å²) < 4.78 is 0. The fourth-order valence-corrected chi connectivity index (χ4v) is 1.19. The lowest BCUT2D eigenvalue weighted by molar-refractivity contribution is -0.137. The smallest absolute Gasteiger partial charge is 0.317 e. The third-order valence-electron chi connectivity index (χ3n) is 2.74. The Labute approximate surface area is 96.8 Å². The van der Waals surface area contributed by atoms with Gasteiger partial charge in [0.15, 0.2) is 0 Å². The average Bonchev–Trinajstić information content (AvgIpc) is 2.21. The molecule has 0 aromatic rings. The molecule has 2 N–H and O–H groups in total. The van der Waals surface area contributed by atoms with E-state index in [1.54, 1.807) is 11.9 Å². The van der Waals surface area contributed by atoms with Crippen molar-refractivity contribution in [2.75, 3.05) is 13.6 Å². The number of carboxylic acids is 1. The Hall–Kier alpha value is -1.26. The molecule has 0 spiro atoms. The molecule has 0 radical (unpaired) electrons. The number of amides is 2. The molecule has 5 heteroatoms. The minimum atomic E-state index is -0.835. The second-order valence-electron chi connectivity index (χ2n) is 4.32. The van der Waals surface area contributed by atoms with E-state index in [0.717, 1.165) is 0 Å². The Morgan fingerprint density at radius 3 is 2.31 bits per heavy atom. The highest BCUT2D eigenvalue weighted by Crippen LogP contribution is 2.07. The molecule has 0 saturated heterocycles. The Bertz CT molecular complexity index is 241. The number of urea groups is 1. The fraction of sp³-hybridized carbons (Fsp3) is 0.818. The van der Waals surface area contributed by atoms with Crippen molar-refractivity contribution in [1.82, 2.24) is 10.2 Å². The van der Waals surface area contributed by atoms with E-state index >= 15 is 0 Å². The zero-order valence-electron chi connectivity index (χ0n) is 10.5. The van der Waals surface area contributed by atoms with Gasteiger partial charge in [0.05, 0.1) is 0 Å². The molecule has 0 aliphatic carbocycles. The van der Waals surface area contributed by atoms with Crippen LogP contribution in [0.15, 0.2) is 0 Å². The number of rotatable bonds is 6. The van der Waals surface area contributed by atoms with Gasteiger partial charge in [-0.1, -0.05) is 13.8 Å². The average molecular weight is 230 g/mol. The number of nitrogens with zero attached hydrogens (tertiary/aromatic N) is 1. The van der Waals surface area contributed by atoms with Crippen molar-refractivity contribution >= 4 is 12.0 Å². The van der Waals surface area contributed by atoms with Gasteiger partial charge in [-0.3, -0.25) is 4.79 Å². The number of nitrogens with one attached hydrogen (secondary N) is 1. The normalized spacial score (nSPS) is 12.3. The van der Waals surface area contributed by atoms with E-state index in [-0.39, 0.29) is 18.5 Å². The number of carbonyl (C=O) groups is 2. The van der Waals surface area contributed by atoms with E-state index in [0.29, 0.717) is 18.9 Å². The van der Waals surface area contributed by atoms with E-state index < -0.39 is 5.97 Å². The maximum Gasteiger partial charge on any atom is 0.317 e. The van der Waals surface area contributed by atoms with Crippen molar-refractivity contribution in [3.63, 3.8) is 0 Å². The van der Waals surface area contributed by atoms with Crippen LogP contribution in [-0.2, 0) is 4.79 Å². The van der Waals surface area contributed by atoms with Crippen molar-refractivity contribution < 1.29 is 14.7 Å². The maximum absolute atomic E-state index is 11.6. The molecule has 0 saturated carbocycles. The number of carbonyl (C=O) groups excluding carboxylic acids is 1. The number of aliphatic carboxylic acids is 1. The Balaban J connectivity index is 3.84. The highest BCUT2D eigenvalue weighted by molar-refractivity contribution is 5.74. The second kappa shape index (κ2) is 7.09. The van der Waals surface area contributed by atoms with Crippen LogP contribution in [0.3, 0.4) is 0 Å². The Morgan fingerprint density at radius 2 is 1.88 bits per heavy atom. The van der Waals surface area contributed by atoms with Crippen LogP contribution >= 0.6 is 0 Å².